The van der Waals surface area contributed by atoms with Crippen LogP contribution >= 0.6 is 0 Å². The second-order valence-electron chi connectivity index (χ2n) is 6.57. The second kappa shape index (κ2) is 5.12. The van der Waals surface area contributed by atoms with Gasteiger partial charge in [0.05, 0.1) is 5.56 Å². The van der Waals surface area contributed by atoms with E-state index in [4.69, 9.17) is 4.42 Å². The highest BCUT2D eigenvalue weighted by atomic mass is 16.4. The first kappa shape index (κ1) is 14.9. The average molecular weight is 276 g/mol. The van der Waals surface area contributed by atoms with E-state index in [-0.39, 0.29) is 11.2 Å². The predicted octanol–water partition coefficient (Wildman–Crippen LogP) is 4.03. The van der Waals surface area contributed by atoms with Gasteiger partial charge in [-0.1, -0.05) is 25.0 Å². The number of aromatic hydroxyl groups is 1. The molecule has 0 radical (unpaired) electrons. The van der Waals surface area contributed by atoms with Crippen LogP contribution in [0.3, 0.4) is 0 Å². The van der Waals surface area contributed by atoms with Crippen molar-refractivity contribution in [1.29, 1.82) is 0 Å². The lowest BCUT2D eigenvalue weighted by atomic mass is 9.71. The van der Waals surface area contributed by atoms with Crippen LogP contribution in [0.2, 0.25) is 0 Å². The lowest BCUT2D eigenvalue weighted by Gasteiger charge is -2.34. The highest BCUT2D eigenvalue weighted by Gasteiger charge is 2.30. The molecule has 1 aromatic rings. The van der Waals surface area contributed by atoms with Crippen LogP contribution in [-0.4, -0.2) is 5.11 Å². The van der Waals surface area contributed by atoms with Gasteiger partial charge >= 0.3 is 5.63 Å². The van der Waals surface area contributed by atoms with Crippen LogP contribution in [0.1, 0.15) is 56.9 Å². The summed E-state index contributed by atoms with van der Waals surface area (Å²) < 4.78 is 5.23. The van der Waals surface area contributed by atoms with Crippen molar-refractivity contribution in [3.8, 4) is 5.75 Å². The molecule has 3 heteroatoms. The Morgan fingerprint density at radius 1 is 1.25 bits per heavy atom. The molecule has 3 nitrogen and oxygen atoms in total. The van der Waals surface area contributed by atoms with E-state index in [1.807, 2.05) is 0 Å². The van der Waals surface area contributed by atoms with Crippen LogP contribution in [0.15, 0.2) is 20.4 Å². The van der Waals surface area contributed by atoms with Gasteiger partial charge in [0.25, 0.3) is 0 Å². The second-order valence-corrected chi connectivity index (χ2v) is 6.57. The molecule has 1 aliphatic rings. The Bertz CT molecular complexity index is 618. The Labute approximate surface area is 120 Å². The molecule has 1 aromatic heterocycles. The van der Waals surface area contributed by atoms with Crippen LogP contribution < -0.4 is 5.63 Å². The summed E-state index contributed by atoms with van der Waals surface area (Å²) in [6, 6.07) is 0. The molecule has 0 fully saturated rings. The summed E-state index contributed by atoms with van der Waals surface area (Å²) >= 11 is 0. The number of hydrogen-bond donors (Lipinski definition) is 1. The number of hydrogen-bond acceptors (Lipinski definition) is 3. The summed E-state index contributed by atoms with van der Waals surface area (Å²) in [5, 5.41) is 10.3. The van der Waals surface area contributed by atoms with Crippen molar-refractivity contribution in [3.05, 3.63) is 38.5 Å². The summed E-state index contributed by atoms with van der Waals surface area (Å²) in [5.41, 5.74) is 3.35. The minimum absolute atomic E-state index is 0.0833. The van der Waals surface area contributed by atoms with Crippen molar-refractivity contribution >= 4 is 0 Å². The molecule has 20 heavy (non-hydrogen) atoms. The maximum atomic E-state index is 12.1. The fourth-order valence-electron chi connectivity index (χ4n) is 3.16. The van der Waals surface area contributed by atoms with Crippen molar-refractivity contribution in [2.75, 3.05) is 0 Å². The number of rotatable bonds is 2. The number of aryl methyl sites for hydroxylation is 1. The molecule has 0 unspecified atom stereocenters. The predicted molar refractivity (Wildman–Crippen MR) is 80.2 cm³/mol. The molecule has 0 saturated heterocycles. The molecule has 0 bridgehead atoms. The van der Waals surface area contributed by atoms with Gasteiger partial charge in [-0.15, -0.1) is 0 Å². The molecule has 110 valence electrons. The van der Waals surface area contributed by atoms with Crippen LogP contribution in [0.5, 0.6) is 5.75 Å². The van der Waals surface area contributed by atoms with Crippen LogP contribution in [0.25, 0.3) is 0 Å². The Morgan fingerprint density at radius 2 is 1.90 bits per heavy atom. The summed E-state index contributed by atoms with van der Waals surface area (Å²) in [4.78, 5) is 12.1. The van der Waals surface area contributed by atoms with Crippen molar-refractivity contribution in [2.45, 2.75) is 60.3 Å². The lowest BCUT2D eigenvalue weighted by Crippen LogP contribution is -2.24. The molecule has 1 N–H and O–H groups in total. The van der Waals surface area contributed by atoms with Crippen molar-refractivity contribution in [3.63, 3.8) is 0 Å². The van der Waals surface area contributed by atoms with Crippen molar-refractivity contribution in [1.82, 2.24) is 0 Å². The first-order valence-corrected chi connectivity index (χ1v) is 7.25. The fraction of sp³-hybridized carbons (Fsp3) is 0.588. The first-order chi connectivity index (χ1) is 9.24. The van der Waals surface area contributed by atoms with Crippen molar-refractivity contribution in [2.24, 2.45) is 5.41 Å². The van der Waals surface area contributed by atoms with E-state index in [0.29, 0.717) is 23.3 Å². The zero-order chi connectivity index (χ0) is 15.1. The fourth-order valence-corrected chi connectivity index (χ4v) is 3.16. The zero-order valence-corrected chi connectivity index (χ0v) is 13.1. The number of allylic oxidation sites excluding steroid dienone is 2. The maximum absolute atomic E-state index is 12.1. The summed E-state index contributed by atoms with van der Waals surface area (Å²) in [6.07, 6.45) is 3.89. The van der Waals surface area contributed by atoms with Gasteiger partial charge in [0.15, 0.2) is 0 Å². The molecular formula is C17H24O3. The van der Waals surface area contributed by atoms with E-state index in [0.717, 1.165) is 12.8 Å². The molecule has 2 rings (SSSR count). The van der Waals surface area contributed by atoms with Crippen LogP contribution in [-0.2, 0) is 6.42 Å². The van der Waals surface area contributed by atoms with Gasteiger partial charge in [0.1, 0.15) is 11.5 Å². The molecule has 0 saturated carbocycles. The highest BCUT2D eigenvalue weighted by molar-refractivity contribution is 5.42. The largest absolute Gasteiger partial charge is 0.507 e. The van der Waals surface area contributed by atoms with Gasteiger partial charge in [-0.2, -0.15) is 0 Å². The smallest absolute Gasteiger partial charge is 0.343 e. The summed E-state index contributed by atoms with van der Waals surface area (Å²) in [5.74, 6) is 0.588. The van der Waals surface area contributed by atoms with E-state index in [1.165, 1.54) is 17.6 Å². The molecule has 0 aliphatic heterocycles. The minimum atomic E-state index is -0.410. The molecule has 0 amide bonds. The topological polar surface area (TPSA) is 50.4 Å². The van der Waals surface area contributed by atoms with Gasteiger partial charge in [-0.05, 0) is 45.4 Å². The molecule has 0 atom stereocenters. The monoisotopic (exact) mass is 276 g/mol. The van der Waals surface area contributed by atoms with Gasteiger partial charge in [-0.25, -0.2) is 4.79 Å². The van der Waals surface area contributed by atoms with Crippen molar-refractivity contribution < 1.29 is 9.52 Å². The van der Waals surface area contributed by atoms with Gasteiger partial charge < -0.3 is 9.52 Å². The SMILES string of the molecule is CC1=C(Cc2c(O)c(C)c(C)oc2=O)C(C)(C)CCC1. The third-order valence-corrected chi connectivity index (χ3v) is 4.70. The Kier molecular flexibility index (Phi) is 3.81. The van der Waals surface area contributed by atoms with Crippen LogP contribution in [0.4, 0.5) is 0 Å². The third kappa shape index (κ3) is 2.54. The highest BCUT2D eigenvalue weighted by Crippen LogP contribution is 2.42. The van der Waals surface area contributed by atoms with Gasteiger partial charge in [-0.3, -0.25) is 0 Å². The normalized spacial score (nSPS) is 18.4. The summed E-state index contributed by atoms with van der Waals surface area (Å²) in [7, 11) is 0. The van der Waals surface area contributed by atoms with E-state index < -0.39 is 5.63 Å². The standard InChI is InChI=1S/C17H24O3/c1-10-7-6-8-17(4,5)14(10)9-13-15(18)11(2)12(3)20-16(13)19/h18H,6-9H2,1-5H3. The van der Waals surface area contributed by atoms with Gasteiger partial charge in [0, 0.05) is 12.0 Å². The maximum Gasteiger partial charge on any atom is 0.343 e. The molecule has 1 heterocycles. The Balaban J connectivity index is 2.50. The van der Waals surface area contributed by atoms with Gasteiger partial charge in [0.2, 0.25) is 0 Å². The van der Waals surface area contributed by atoms with E-state index >= 15 is 0 Å². The third-order valence-electron chi connectivity index (χ3n) is 4.70. The molecule has 0 spiro atoms. The summed E-state index contributed by atoms with van der Waals surface area (Å²) in [6.45, 7) is 10.0. The molecule has 1 aliphatic carbocycles. The van der Waals surface area contributed by atoms with Crippen LogP contribution in [0, 0.1) is 19.3 Å². The quantitative estimate of drug-likeness (QED) is 0.830. The minimum Gasteiger partial charge on any atom is -0.507 e. The molecule has 0 aromatic carbocycles. The Morgan fingerprint density at radius 3 is 2.50 bits per heavy atom. The zero-order valence-electron chi connectivity index (χ0n) is 13.1. The lowest BCUT2D eigenvalue weighted by molar-refractivity contribution is 0.354. The molecular weight excluding hydrogens is 252 g/mol. The van der Waals surface area contributed by atoms with E-state index in [9.17, 15) is 9.90 Å². The van der Waals surface area contributed by atoms with E-state index in [2.05, 4.69) is 20.8 Å². The van der Waals surface area contributed by atoms with E-state index in [1.54, 1.807) is 13.8 Å². The Hall–Kier alpha value is -1.51. The first-order valence-electron chi connectivity index (χ1n) is 7.25. The average Bonchev–Trinajstić information content (AvgIpc) is 2.34.